The van der Waals surface area contributed by atoms with Crippen molar-refractivity contribution in [1.29, 1.82) is 0 Å². The highest BCUT2D eigenvalue weighted by atomic mass is 19.1. The standard InChI is InChI=1S/C26H35FN2O2.C15H24N2.C12H15NO2.C11H15NO2.2C11H17NO.C11H14O2.C7H9N.C7H6O2.C6H11NO.C2H4O2/c1-20(2)19-31-25-11-6-21(7-12-25)8-13-26(30)29(24-14-16-28(3)17-15-24)18-22-4-9-23(27)10-5-22;1-3-13-4-6-14(7-5-13)12-16-15-8-10-17(2)11-9-15;1-10(2)8-15-12-5-3-11(4-6-12)7-13-9-14;1-9(2)8-14-11-5-3-10(4-6-11)7-12-13;3*1-9(2)8-13-11-5-3-10(7-12)4-6-11;8-6-7-4-2-1-3-5-7;8-5-6-1-3-7(9)4-2-6;1-7-4-2-6(8)3-5-7;1-2(3)4/h4-7,9-12,20,24H,8,13-19H2,1-3H3;4-7,15-16H,3,8-12H2,1-2H3;3-6,10H,7-8H2,1-2H3;3-7,9,13H,8H2,1-2H3;2*3-6,9H,7-8,12H2,1-2H3;3-7,9H,8H2,1-2H3;1-5H,6,8H2;1-5,9H;2-5H2,1H3;1H3,(H,3,4)/b;;;12-7-;;;;;;;. The average Bonchev–Trinajstić information content (AvgIpc) is 0.838. The van der Waals surface area contributed by atoms with Crippen LogP contribution in [0, 0.1) is 41.3 Å². The third-order valence-corrected chi connectivity index (χ3v) is 21.8. The third-order valence-electron chi connectivity index (χ3n) is 21.8. The molecule has 0 spiro atoms. The van der Waals surface area contributed by atoms with Crippen LogP contribution in [0.1, 0.15) is 213 Å². The largest absolute Gasteiger partial charge is 0.508 e. The van der Waals surface area contributed by atoms with Gasteiger partial charge in [-0.25, -0.2) is 14.2 Å². The number of nitrogens with one attached hydrogen (secondary N) is 1. The number of nitrogens with zero attached hydrogens (tertiary/aromatic N) is 6. The summed E-state index contributed by atoms with van der Waals surface area (Å²) in [5, 5.41) is 31.1. The predicted molar refractivity (Wildman–Crippen MR) is 585 cm³/mol. The Balaban J connectivity index is 0.000000423. The molecule has 3 fully saturated rings. The molecule has 790 valence electrons. The Labute approximate surface area is 864 Å². The Kier molecular flexibility index (Phi) is 67.0. The van der Waals surface area contributed by atoms with Crippen LogP contribution in [0.4, 0.5) is 4.39 Å². The maximum absolute atomic E-state index is 13.3. The van der Waals surface area contributed by atoms with Crippen LogP contribution in [0.5, 0.6) is 40.2 Å². The predicted octanol–water partition coefficient (Wildman–Crippen LogP) is 22.1. The zero-order valence-corrected chi connectivity index (χ0v) is 89.1. The fraction of sp³-hybridized carbons (Fsp3) is 0.437. The van der Waals surface area contributed by atoms with E-state index in [0.29, 0.717) is 130 Å². The Morgan fingerprint density at radius 1 is 0.448 bits per heavy atom. The van der Waals surface area contributed by atoms with Crippen LogP contribution in [-0.4, -0.2) is 190 Å². The second-order valence-corrected chi connectivity index (χ2v) is 38.2. The lowest BCUT2D eigenvalue weighted by Crippen LogP contribution is -2.46. The van der Waals surface area contributed by atoms with Crippen LogP contribution < -0.4 is 50.9 Å². The first kappa shape index (κ1) is 126. The first-order valence-electron chi connectivity index (χ1n) is 50.6. The van der Waals surface area contributed by atoms with Crippen LogP contribution in [-0.2, 0) is 71.3 Å². The number of halogens is 1. The number of carbonyl (C=O) groups is 5. The molecule has 10 aromatic rings. The molecule has 10 aromatic carbocycles. The van der Waals surface area contributed by atoms with E-state index in [9.17, 15) is 28.4 Å². The molecular weight excluding hydrogens is 1830 g/mol. The number of benzene rings is 10. The number of Topliss-reactive ketones (excluding diaryl/α,β-unsaturated/α-hetero) is 1. The molecule has 3 heterocycles. The highest BCUT2D eigenvalue weighted by molar-refractivity contribution is 5.80. The minimum absolute atomic E-state index is 0.166. The molecule has 3 saturated heterocycles. The van der Waals surface area contributed by atoms with Crippen molar-refractivity contribution in [3.05, 3.63) is 316 Å². The van der Waals surface area contributed by atoms with Crippen molar-refractivity contribution in [3.8, 4) is 40.2 Å². The molecule has 0 unspecified atom stereocenters. The molecule has 0 aliphatic carbocycles. The van der Waals surface area contributed by atoms with Crippen molar-refractivity contribution in [2.75, 3.05) is 100 Å². The Bertz CT molecular complexity index is 5030. The minimum atomic E-state index is -0.833. The molecule has 0 bridgehead atoms. The summed E-state index contributed by atoms with van der Waals surface area (Å²) in [5.41, 5.74) is 27.8. The molecule has 0 radical (unpaired) electrons. The number of phenols is 1. The van der Waals surface area contributed by atoms with Crippen LogP contribution in [0.25, 0.3) is 0 Å². The maximum atomic E-state index is 13.3. The number of nitrogens with two attached hydrogens (primary N) is 3. The number of phenolic OH excluding ortho intramolecular Hbond substituents is 1. The number of aryl methyl sites for hydroxylation is 2. The number of oxime groups is 1. The Morgan fingerprint density at radius 2 is 0.766 bits per heavy atom. The molecule has 0 aromatic heterocycles. The van der Waals surface area contributed by atoms with Gasteiger partial charge in [0.25, 0.3) is 5.97 Å². The summed E-state index contributed by atoms with van der Waals surface area (Å²) in [7, 11) is 6.38. The molecule has 3 aliphatic heterocycles. The molecule has 0 saturated carbocycles. The van der Waals surface area contributed by atoms with E-state index in [2.05, 4.69) is 159 Å². The highest BCUT2D eigenvalue weighted by Gasteiger charge is 2.27. The van der Waals surface area contributed by atoms with E-state index in [0.717, 1.165) is 165 Å². The molecule has 25 nitrogen and oxygen atoms in total. The van der Waals surface area contributed by atoms with Gasteiger partial charge in [0, 0.05) is 95.2 Å². The Hall–Kier alpha value is -12.8. The summed E-state index contributed by atoms with van der Waals surface area (Å²) in [6.07, 6.45) is 12.8. The van der Waals surface area contributed by atoms with Crippen LogP contribution in [0.2, 0.25) is 0 Å². The zero-order valence-electron chi connectivity index (χ0n) is 89.1. The second kappa shape index (κ2) is 76.8. The fourth-order valence-corrected chi connectivity index (χ4v) is 13.3. The number of amides is 1. The first-order valence-corrected chi connectivity index (χ1v) is 50.6. The van der Waals surface area contributed by atoms with Gasteiger partial charge in [0.05, 0.1) is 52.4 Å². The maximum Gasteiger partial charge on any atom is 0.300 e. The second-order valence-electron chi connectivity index (χ2n) is 38.2. The normalized spacial score (nSPS) is 12.8. The zero-order chi connectivity index (χ0) is 107. The first-order chi connectivity index (χ1) is 69.6. The topological polar surface area (TPSA) is 346 Å². The lowest BCUT2D eigenvalue weighted by Gasteiger charge is -2.37. The number of aliphatic carboxylic acids is 1. The number of aromatic hydroxyl groups is 1. The number of isocyanates is 1. The van der Waals surface area contributed by atoms with Gasteiger partial charge in [-0.2, -0.15) is 0 Å². The summed E-state index contributed by atoms with van der Waals surface area (Å²) < 4.78 is 46.6. The van der Waals surface area contributed by atoms with Gasteiger partial charge in [0.1, 0.15) is 64.4 Å². The Morgan fingerprint density at radius 3 is 1.10 bits per heavy atom. The van der Waals surface area contributed by atoms with Crippen LogP contribution >= 0.6 is 0 Å². The third kappa shape index (κ3) is 63.2. The van der Waals surface area contributed by atoms with Gasteiger partial charge in [-0.3, -0.25) is 24.0 Å². The number of piperidine rings is 3. The number of hydrogen-bond acceptors (Lipinski definition) is 23. The molecule has 13 rings (SSSR count). The number of likely N-dealkylation sites (tertiary alicyclic amines) is 3. The van der Waals surface area contributed by atoms with E-state index in [1.807, 2.05) is 176 Å². The van der Waals surface area contributed by atoms with E-state index in [1.54, 1.807) is 36.4 Å². The minimum Gasteiger partial charge on any atom is -0.508 e. The number of rotatable bonds is 36. The lowest BCUT2D eigenvalue weighted by atomic mass is 10.0. The lowest BCUT2D eigenvalue weighted by molar-refractivity contribution is -0.135. The summed E-state index contributed by atoms with van der Waals surface area (Å²) in [6.45, 7) is 43.2. The van der Waals surface area contributed by atoms with E-state index in [4.69, 9.17) is 65.8 Å². The van der Waals surface area contributed by atoms with Gasteiger partial charge < -0.3 is 86.0 Å². The van der Waals surface area contributed by atoms with Gasteiger partial charge in [-0.1, -0.05) is 210 Å². The molecule has 3 aliphatic rings. The van der Waals surface area contributed by atoms with Gasteiger partial charge in [0.15, 0.2) is 0 Å². The van der Waals surface area contributed by atoms with Crippen LogP contribution in [0.3, 0.4) is 0 Å². The molecular formula is C119H167FN10O15. The van der Waals surface area contributed by atoms with Crippen LogP contribution in [0.15, 0.2) is 259 Å². The van der Waals surface area contributed by atoms with Crippen molar-refractivity contribution < 1.29 is 77.0 Å². The summed E-state index contributed by atoms with van der Waals surface area (Å²) in [6, 6.07) is 78.5. The monoisotopic (exact) mass is 2000 g/mol. The number of carboxylic acid groups (broad SMARTS) is 1. The fourth-order valence-electron chi connectivity index (χ4n) is 13.3. The van der Waals surface area contributed by atoms with Crippen molar-refractivity contribution in [2.24, 2.45) is 62.9 Å². The van der Waals surface area contributed by atoms with E-state index in [-0.39, 0.29) is 23.5 Å². The van der Waals surface area contributed by atoms with E-state index < -0.39 is 5.97 Å². The molecule has 10 N–H and O–H groups in total. The summed E-state index contributed by atoms with van der Waals surface area (Å²) in [5.74, 6) is 8.08. The molecule has 26 heteroatoms. The highest BCUT2D eigenvalue weighted by Crippen LogP contribution is 2.25. The van der Waals surface area contributed by atoms with Gasteiger partial charge in [-0.15, -0.1) is 0 Å². The molecule has 0 atom stereocenters. The number of hydrogen-bond donors (Lipinski definition) is 7. The smallest absolute Gasteiger partial charge is 0.300 e. The number of carbonyl (C=O) groups excluding carboxylic acids is 5. The number of aldehydes is 2. The van der Waals surface area contributed by atoms with Crippen molar-refractivity contribution in [2.45, 2.75) is 206 Å². The van der Waals surface area contributed by atoms with Crippen molar-refractivity contribution >= 4 is 42.5 Å². The van der Waals surface area contributed by atoms with E-state index >= 15 is 0 Å². The number of aliphatic imine (C=N–C) groups is 1. The van der Waals surface area contributed by atoms with E-state index in [1.165, 1.54) is 79.2 Å². The average molecular weight is 2000 g/mol. The number of ketones is 1. The number of ether oxygens (including phenoxy) is 6. The molecule has 1 amide bonds. The van der Waals surface area contributed by atoms with Gasteiger partial charge in [-0.05, 0) is 305 Å². The number of carboxylic acids is 1. The van der Waals surface area contributed by atoms with Crippen molar-refractivity contribution in [1.82, 2.24) is 24.9 Å². The quantitative estimate of drug-likeness (QED) is 0.00630. The summed E-state index contributed by atoms with van der Waals surface area (Å²) in [4.78, 5) is 75.5. The summed E-state index contributed by atoms with van der Waals surface area (Å²) >= 11 is 0. The SMILES string of the molecule is CC(=O)O.CC(C)COc1ccc(/C=N\O)cc1.CC(C)COc1ccc(C=O)cc1.CC(C)COc1ccc(CCC(=O)N(Cc2ccc(F)cc2)C2CCN(C)CC2)cc1.CC(C)COc1ccc(CN)cc1.CC(C)COc1ccc(CN)cc1.CC(C)COc1ccc(CN=C=O)cc1.CCc1ccc(CNC2CCN(C)CC2)cc1.CN1CCC(=O)CC1.NCc1ccccc1.O=Cc1ccc(O)cc1. The molecule has 145 heavy (non-hydrogen) atoms. The van der Waals surface area contributed by atoms with Gasteiger partial charge in [0.2, 0.25) is 12.0 Å². The van der Waals surface area contributed by atoms with Gasteiger partial charge >= 0.3 is 0 Å². The van der Waals surface area contributed by atoms with Crippen molar-refractivity contribution in [3.63, 3.8) is 0 Å².